The van der Waals surface area contributed by atoms with E-state index in [9.17, 15) is 0 Å². The molecule has 0 fully saturated rings. The van der Waals surface area contributed by atoms with Gasteiger partial charge in [-0.3, -0.25) is 0 Å². The zero-order valence-corrected chi connectivity index (χ0v) is 19.8. The van der Waals surface area contributed by atoms with Crippen molar-refractivity contribution in [1.29, 1.82) is 0 Å². The molecule has 1 N–H and O–H groups in total. The van der Waals surface area contributed by atoms with E-state index in [1.165, 1.54) is 0 Å². The molecular formula is C25H31N5O3. The average molecular weight is 450 g/mol. The summed E-state index contributed by atoms with van der Waals surface area (Å²) >= 11 is 0. The minimum absolute atomic E-state index is 0.709. The lowest BCUT2D eigenvalue weighted by Gasteiger charge is -2.24. The van der Waals surface area contributed by atoms with Crippen LogP contribution in [-0.2, 0) is 7.05 Å². The van der Waals surface area contributed by atoms with Crippen LogP contribution in [0.5, 0.6) is 17.2 Å². The highest BCUT2D eigenvalue weighted by Gasteiger charge is 2.12. The second kappa shape index (κ2) is 9.87. The predicted octanol–water partition coefficient (Wildman–Crippen LogP) is 3.99. The summed E-state index contributed by atoms with van der Waals surface area (Å²) in [4.78, 5) is 9.21. The van der Waals surface area contributed by atoms with E-state index < -0.39 is 0 Å². The fourth-order valence-electron chi connectivity index (χ4n) is 3.58. The van der Waals surface area contributed by atoms with Crippen LogP contribution in [0.2, 0.25) is 0 Å². The molecule has 2 aromatic carbocycles. The fraction of sp³-hybridized carbons (Fsp3) is 0.320. The van der Waals surface area contributed by atoms with E-state index in [0.717, 1.165) is 47.9 Å². The lowest BCUT2D eigenvalue weighted by Crippen LogP contribution is -2.29. The number of anilines is 2. The van der Waals surface area contributed by atoms with E-state index in [0.29, 0.717) is 17.4 Å². The van der Waals surface area contributed by atoms with Gasteiger partial charge >= 0.3 is 0 Å². The molecule has 8 nitrogen and oxygen atoms in total. The maximum atomic E-state index is 6.10. The second-order valence-electron chi connectivity index (χ2n) is 8.19. The van der Waals surface area contributed by atoms with Crippen molar-refractivity contribution in [1.82, 2.24) is 19.4 Å². The van der Waals surface area contributed by atoms with Gasteiger partial charge < -0.3 is 33.9 Å². The first kappa shape index (κ1) is 22.5. The third-order valence-electron chi connectivity index (χ3n) is 5.51. The highest BCUT2D eigenvalue weighted by molar-refractivity contribution is 5.81. The minimum atomic E-state index is 0.709. The lowest BCUT2D eigenvalue weighted by molar-refractivity contribution is 0.316. The summed E-state index contributed by atoms with van der Waals surface area (Å²) in [5.74, 6) is 3.73. The average Bonchev–Trinajstić information content (AvgIpc) is 3.12. The molecule has 0 amide bonds. The number of benzene rings is 2. The number of hydrogen-bond acceptors (Lipinski definition) is 7. The number of aromatic nitrogens is 2. The van der Waals surface area contributed by atoms with Crippen molar-refractivity contribution in [2.75, 3.05) is 53.3 Å². The Morgan fingerprint density at radius 2 is 1.79 bits per heavy atom. The van der Waals surface area contributed by atoms with Gasteiger partial charge in [0.2, 0.25) is 5.95 Å². The van der Waals surface area contributed by atoms with Crippen LogP contribution in [-0.4, -0.2) is 67.3 Å². The van der Waals surface area contributed by atoms with Crippen molar-refractivity contribution >= 4 is 22.7 Å². The highest BCUT2D eigenvalue weighted by atomic mass is 16.5. The molecule has 8 heteroatoms. The SMILES string of the molecule is COc1cc(Nc2nc3cc(OC4=CCN(CCN(C)C)C=C4)ccc3n2C)cc(OC)c1. The Morgan fingerprint density at radius 3 is 2.42 bits per heavy atom. The van der Waals surface area contributed by atoms with E-state index in [2.05, 4.69) is 41.5 Å². The molecule has 0 unspecified atom stereocenters. The van der Waals surface area contributed by atoms with Gasteiger partial charge in [0.1, 0.15) is 23.0 Å². The van der Waals surface area contributed by atoms with Gasteiger partial charge in [-0.25, -0.2) is 4.98 Å². The molecule has 0 spiro atoms. The number of allylic oxidation sites excluding steroid dienone is 1. The Hall–Kier alpha value is -3.65. The molecular weight excluding hydrogens is 418 g/mol. The van der Waals surface area contributed by atoms with Crippen molar-refractivity contribution in [3.05, 3.63) is 60.5 Å². The zero-order valence-electron chi connectivity index (χ0n) is 19.8. The summed E-state index contributed by atoms with van der Waals surface area (Å²) < 4.78 is 18.8. The largest absolute Gasteiger partial charge is 0.497 e. The molecule has 0 bridgehead atoms. The number of fused-ring (bicyclic) bond motifs is 1. The predicted molar refractivity (Wildman–Crippen MR) is 132 cm³/mol. The Bertz CT molecular complexity index is 1160. The summed E-state index contributed by atoms with van der Waals surface area (Å²) in [6, 6.07) is 11.6. The highest BCUT2D eigenvalue weighted by Crippen LogP contribution is 2.30. The van der Waals surface area contributed by atoms with E-state index in [4.69, 9.17) is 19.2 Å². The van der Waals surface area contributed by atoms with Crippen molar-refractivity contribution in [2.45, 2.75) is 0 Å². The third kappa shape index (κ3) is 5.40. The van der Waals surface area contributed by atoms with E-state index >= 15 is 0 Å². The number of likely N-dealkylation sites (N-methyl/N-ethyl adjacent to an activating group) is 1. The number of hydrogen-bond donors (Lipinski definition) is 1. The van der Waals surface area contributed by atoms with Gasteiger partial charge in [-0.1, -0.05) is 0 Å². The fourth-order valence-corrected chi connectivity index (χ4v) is 3.58. The third-order valence-corrected chi connectivity index (χ3v) is 5.51. The van der Waals surface area contributed by atoms with Crippen LogP contribution in [0.4, 0.5) is 11.6 Å². The van der Waals surface area contributed by atoms with Crippen molar-refractivity contribution in [3.8, 4) is 17.2 Å². The van der Waals surface area contributed by atoms with Gasteiger partial charge in [0.05, 0.1) is 25.3 Å². The number of methoxy groups -OCH3 is 2. The molecule has 1 aliphatic heterocycles. The molecule has 33 heavy (non-hydrogen) atoms. The molecule has 0 saturated carbocycles. The van der Waals surface area contributed by atoms with Gasteiger partial charge in [-0.2, -0.15) is 0 Å². The molecule has 0 saturated heterocycles. The van der Waals surface area contributed by atoms with Gasteiger partial charge in [0.25, 0.3) is 0 Å². The first-order valence-electron chi connectivity index (χ1n) is 10.9. The van der Waals surface area contributed by atoms with Gasteiger partial charge in [-0.15, -0.1) is 0 Å². The molecule has 0 aliphatic carbocycles. The normalized spacial score (nSPS) is 13.4. The van der Waals surface area contributed by atoms with Crippen LogP contribution in [0.1, 0.15) is 0 Å². The molecule has 4 rings (SSSR count). The summed E-state index contributed by atoms with van der Waals surface area (Å²) in [7, 11) is 9.41. The van der Waals surface area contributed by atoms with Crippen LogP contribution in [0.15, 0.2) is 60.5 Å². The maximum absolute atomic E-state index is 6.10. The number of imidazole rings is 1. The van der Waals surface area contributed by atoms with Crippen LogP contribution >= 0.6 is 0 Å². The van der Waals surface area contributed by atoms with Crippen LogP contribution in [0, 0.1) is 0 Å². The topological polar surface area (TPSA) is 64.0 Å². The molecule has 0 atom stereocenters. The lowest BCUT2D eigenvalue weighted by atomic mass is 10.3. The number of rotatable bonds is 9. The second-order valence-corrected chi connectivity index (χ2v) is 8.19. The smallest absolute Gasteiger partial charge is 0.208 e. The van der Waals surface area contributed by atoms with Gasteiger partial charge in [0.15, 0.2) is 0 Å². The first-order chi connectivity index (χ1) is 15.9. The summed E-state index contributed by atoms with van der Waals surface area (Å²) in [6.07, 6.45) is 6.19. The monoisotopic (exact) mass is 449 g/mol. The van der Waals surface area contributed by atoms with Crippen LogP contribution < -0.4 is 19.5 Å². The number of ether oxygens (including phenoxy) is 3. The van der Waals surface area contributed by atoms with Crippen molar-refractivity contribution in [2.24, 2.45) is 7.05 Å². The molecule has 3 aromatic rings. The summed E-state index contributed by atoms with van der Waals surface area (Å²) in [6.45, 7) is 2.84. The standard InChI is InChI=1S/C25H31N5O3/c1-28(2)12-13-30-10-8-19(9-11-30)33-20-6-7-24-23(17-20)27-25(29(24)3)26-18-14-21(31-4)16-22(15-18)32-5/h6-10,14-17H,11-13H2,1-5H3,(H,26,27). The molecule has 1 aliphatic rings. The van der Waals surface area contributed by atoms with Crippen molar-refractivity contribution in [3.63, 3.8) is 0 Å². The Balaban J connectivity index is 1.48. The molecule has 2 heterocycles. The Kier molecular flexibility index (Phi) is 6.74. The van der Waals surface area contributed by atoms with E-state index in [-0.39, 0.29) is 0 Å². The van der Waals surface area contributed by atoms with E-state index in [1.54, 1.807) is 14.2 Å². The molecule has 0 radical (unpaired) electrons. The van der Waals surface area contributed by atoms with E-state index in [1.807, 2.05) is 54.1 Å². The van der Waals surface area contributed by atoms with Gasteiger partial charge in [0, 0.05) is 62.8 Å². The quantitative estimate of drug-likeness (QED) is 0.530. The van der Waals surface area contributed by atoms with Crippen molar-refractivity contribution < 1.29 is 14.2 Å². The molecule has 1 aromatic heterocycles. The number of nitrogens with one attached hydrogen (secondary N) is 1. The Morgan fingerprint density at radius 1 is 1.03 bits per heavy atom. The number of nitrogens with zero attached hydrogens (tertiary/aromatic N) is 4. The van der Waals surface area contributed by atoms with Crippen LogP contribution in [0.25, 0.3) is 11.0 Å². The summed E-state index contributed by atoms with van der Waals surface area (Å²) in [5, 5.41) is 3.36. The number of aryl methyl sites for hydroxylation is 1. The maximum Gasteiger partial charge on any atom is 0.208 e. The molecule has 174 valence electrons. The van der Waals surface area contributed by atoms with Crippen LogP contribution in [0.3, 0.4) is 0 Å². The summed E-state index contributed by atoms with van der Waals surface area (Å²) in [5.41, 5.74) is 2.68. The zero-order chi connectivity index (χ0) is 23.4. The Labute approximate surface area is 194 Å². The minimum Gasteiger partial charge on any atom is -0.497 e. The van der Waals surface area contributed by atoms with Gasteiger partial charge in [-0.05, 0) is 38.4 Å². The first-order valence-corrected chi connectivity index (χ1v) is 10.9.